The Balaban J connectivity index is 1.90. The van der Waals surface area contributed by atoms with Crippen molar-refractivity contribution in [1.29, 1.82) is 0 Å². The molecular formula is C17H18O11. The van der Waals surface area contributed by atoms with Crippen molar-refractivity contribution in [1.82, 2.24) is 0 Å². The number of aliphatic hydroxyl groups is 4. The second kappa shape index (κ2) is 7.73. The highest BCUT2D eigenvalue weighted by atomic mass is 16.7. The molecular weight excluding hydrogens is 380 g/mol. The van der Waals surface area contributed by atoms with E-state index in [1.54, 1.807) is 0 Å². The average molecular weight is 398 g/mol. The van der Waals surface area contributed by atoms with E-state index in [9.17, 15) is 35.1 Å². The highest BCUT2D eigenvalue weighted by molar-refractivity contribution is 5.87. The van der Waals surface area contributed by atoms with E-state index in [1.165, 1.54) is 18.2 Å². The quantitative estimate of drug-likeness (QED) is 0.302. The molecule has 152 valence electrons. The molecule has 0 unspecified atom stereocenters. The Bertz CT molecular complexity index is 935. The van der Waals surface area contributed by atoms with E-state index < -0.39 is 60.4 Å². The largest absolute Gasteiger partial charge is 0.504 e. The highest BCUT2D eigenvalue weighted by Gasteiger charge is 2.44. The van der Waals surface area contributed by atoms with Crippen molar-refractivity contribution >= 4 is 16.9 Å². The van der Waals surface area contributed by atoms with E-state index in [2.05, 4.69) is 4.74 Å². The fourth-order valence-electron chi connectivity index (χ4n) is 2.75. The van der Waals surface area contributed by atoms with E-state index in [4.69, 9.17) is 13.9 Å². The standard InChI is InChI=1S/C17H18O11/c1-6(19)25-15-11(20)8-3-2-7(4-9(8)27-16(15)24)26-17-14(23)13(22)12(21)10(5-18)28-17/h2-4,10,12-14,17-18,20-23H,5H2,1H3/t10-,12-,13+,14+,17+/m1/s1. The van der Waals surface area contributed by atoms with Gasteiger partial charge < -0.3 is 44.2 Å². The zero-order chi connectivity index (χ0) is 20.6. The number of esters is 1. The summed E-state index contributed by atoms with van der Waals surface area (Å²) in [6, 6.07) is 3.84. The summed E-state index contributed by atoms with van der Waals surface area (Å²) in [5.41, 5.74) is -1.20. The van der Waals surface area contributed by atoms with Crippen LogP contribution in [0, 0.1) is 0 Å². The second-order valence-electron chi connectivity index (χ2n) is 6.13. The first-order chi connectivity index (χ1) is 13.2. The molecule has 2 aromatic rings. The molecule has 0 amide bonds. The van der Waals surface area contributed by atoms with Crippen LogP contribution in [0.25, 0.3) is 11.0 Å². The monoisotopic (exact) mass is 398 g/mol. The molecule has 1 aromatic heterocycles. The van der Waals surface area contributed by atoms with Crippen molar-refractivity contribution in [3.05, 3.63) is 28.6 Å². The number of ether oxygens (including phenoxy) is 3. The fourth-order valence-corrected chi connectivity index (χ4v) is 2.75. The summed E-state index contributed by atoms with van der Waals surface area (Å²) in [5.74, 6) is -2.03. The van der Waals surface area contributed by atoms with E-state index in [-0.39, 0.29) is 16.7 Å². The minimum absolute atomic E-state index is 0.0274. The van der Waals surface area contributed by atoms with Crippen LogP contribution in [0.2, 0.25) is 0 Å². The lowest BCUT2D eigenvalue weighted by atomic mass is 9.99. The Labute approximate surface area is 156 Å². The van der Waals surface area contributed by atoms with Gasteiger partial charge in [-0.15, -0.1) is 0 Å². The Morgan fingerprint density at radius 2 is 1.89 bits per heavy atom. The van der Waals surface area contributed by atoms with Gasteiger partial charge in [-0.3, -0.25) is 4.79 Å². The van der Waals surface area contributed by atoms with Crippen LogP contribution in [0.4, 0.5) is 0 Å². The zero-order valence-electron chi connectivity index (χ0n) is 14.5. The number of aliphatic hydroxyl groups excluding tert-OH is 4. The number of fused-ring (bicyclic) bond motifs is 1. The first kappa shape index (κ1) is 20.0. The fraction of sp³-hybridized carbons (Fsp3) is 0.412. The number of benzene rings is 1. The van der Waals surface area contributed by atoms with E-state index in [0.717, 1.165) is 6.92 Å². The van der Waals surface area contributed by atoms with Crippen LogP contribution < -0.4 is 15.1 Å². The average Bonchev–Trinajstić information content (AvgIpc) is 2.65. The maximum Gasteiger partial charge on any atom is 0.383 e. The number of carbonyl (C=O) groups is 1. The molecule has 3 rings (SSSR count). The molecule has 5 atom stereocenters. The van der Waals surface area contributed by atoms with E-state index >= 15 is 0 Å². The maximum atomic E-state index is 11.9. The van der Waals surface area contributed by atoms with Crippen LogP contribution in [0.3, 0.4) is 0 Å². The van der Waals surface area contributed by atoms with Gasteiger partial charge in [0, 0.05) is 13.0 Å². The van der Waals surface area contributed by atoms with E-state index in [0.29, 0.717) is 0 Å². The molecule has 5 N–H and O–H groups in total. The van der Waals surface area contributed by atoms with Gasteiger partial charge in [0.2, 0.25) is 6.29 Å². The summed E-state index contributed by atoms with van der Waals surface area (Å²) in [7, 11) is 0. The van der Waals surface area contributed by atoms with Crippen LogP contribution in [-0.4, -0.2) is 68.8 Å². The Morgan fingerprint density at radius 1 is 1.18 bits per heavy atom. The molecule has 11 heteroatoms. The zero-order valence-corrected chi connectivity index (χ0v) is 14.5. The number of carbonyl (C=O) groups excluding carboxylic acids is 1. The summed E-state index contributed by atoms with van der Waals surface area (Å²) in [5, 5.41) is 48.9. The Hall–Kier alpha value is -2.70. The molecule has 1 aromatic carbocycles. The highest BCUT2D eigenvalue weighted by Crippen LogP contribution is 2.34. The first-order valence-electron chi connectivity index (χ1n) is 8.18. The van der Waals surface area contributed by atoms with Gasteiger partial charge in [-0.25, -0.2) is 4.79 Å². The van der Waals surface area contributed by atoms with Crippen LogP contribution in [0.5, 0.6) is 17.2 Å². The molecule has 0 bridgehead atoms. The molecule has 0 spiro atoms. The lowest BCUT2D eigenvalue weighted by Gasteiger charge is -2.39. The third-order valence-corrected chi connectivity index (χ3v) is 4.16. The molecule has 0 radical (unpaired) electrons. The summed E-state index contributed by atoms with van der Waals surface area (Å²) >= 11 is 0. The van der Waals surface area contributed by atoms with Gasteiger partial charge in [0.1, 0.15) is 35.7 Å². The van der Waals surface area contributed by atoms with Gasteiger partial charge in [0.25, 0.3) is 5.75 Å². The van der Waals surface area contributed by atoms with Gasteiger partial charge in [-0.2, -0.15) is 0 Å². The molecule has 1 aliphatic heterocycles. The topological polar surface area (TPSA) is 176 Å². The molecule has 28 heavy (non-hydrogen) atoms. The van der Waals surface area contributed by atoms with Crippen molar-refractivity contribution < 1.29 is 49.0 Å². The first-order valence-corrected chi connectivity index (χ1v) is 8.18. The van der Waals surface area contributed by atoms with Crippen molar-refractivity contribution in [3.8, 4) is 17.2 Å². The van der Waals surface area contributed by atoms with Gasteiger partial charge in [-0.05, 0) is 12.1 Å². The summed E-state index contributed by atoms with van der Waals surface area (Å²) in [6.07, 6.45) is -7.37. The molecule has 0 saturated carbocycles. The van der Waals surface area contributed by atoms with E-state index in [1.807, 2.05) is 0 Å². The molecule has 2 heterocycles. The Morgan fingerprint density at radius 3 is 2.54 bits per heavy atom. The van der Waals surface area contributed by atoms with Gasteiger partial charge >= 0.3 is 11.6 Å². The predicted octanol–water partition coefficient (Wildman–Crippen LogP) is -1.40. The third kappa shape index (κ3) is 3.66. The van der Waals surface area contributed by atoms with Gasteiger partial charge in [-0.1, -0.05) is 0 Å². The number of hydrogen-bond donors (Lipinski definition) is 5. The normalized spacial score (nSPS) is 27.5. The molecule has 1 aliphatic rings. The predicted molar refractivity (Wildman–Crippen MR) is 89.9 cm³/mol. The maximum absolute atomic E-state index is 11.9. The van der Waals surface area contributed by atoms with Crippen molar-refractivity contribution in [2.75, 3.05) is 6.61 Å². The van der Waals surface area contributed by atoms with Crippen molar-refractivity contribution in [3.63, 3.8) is 0 Å². The molecule has 11 nitrogen and oxygen atoms in total. The van der Waals surface area contributed by atoms with Crippen LogP contribution >= 0.6 is 0 Å². The second-order valence-corrected chi connectivity index (χ2v) is 6.13. The third-order valence-electron chi connectivity index (χ3n) is 4.16. The lowest BCUT2D eigenvalue weighted by Crippen LogP contribution is -2.60. The van der Waals surface area contributed by atoms with Crippen molar-refractivity contribution in [2.24, 2.45) is 0 Å². The minimum atomic E-state index is -1.62. The minimum Gasteiger partial charge on any atom is -0.504 e. The smallest absolute Gasteiger partial charge is 0.383 e. The van der Waals surface area contributed by atoms with Crippen LogP contribution in [0.15, 0.2) is 27.4 Å². The number of hydrogen-bond acceptors (Lipinski definition) is 11. The van der Waals surface area contributed by atoms with Gasteiger partial charge in [0.15, 0.2) is 5.75 Å². The lowest BCUT2D eigenvalue weighted by molar-refractivity contribution is -0.277. The molecule has 1 fully saturated rings. The van der Waals surface area contributed by atoms with Gasteiger partial charge in [0.05, 0.1) is 12.0 Å². The van der Waals surface area contributed by atoms with Crippen LogP contribution in [-0.2, 0) is 9.53 Å². The Kier molecular flexibility index (Phi) is 5.54. The SMILES string of the molecule is CC(=O)Oc1c(O)c2ccc(O[C@H]3O[C@H](CO)[C@@H](O)[C@H](O)[C@@H]3O)cc2oc1=O. The molecule has 0 aliphatic carbocycles. The summed E-state index contributed by atoms with van der Waals surface area (Å²) in [4.78, 5) is 22.9. The van der Waals surface area contributed by atoms with Crippen LogP contribution in [0.1, 0.15) is 6.92 Å². The molecule has 1 saturated heterocycles. The summed E-state index contributed by atoms with van der Waals surface area (Å²) in [6.45, 7) is 0.435. The number of rotatable bonds is 4. The summed E-state index contributed by atoms with van der Waals surface area (Å²) < 4.78 is 20.3. The van der Waals surface area contributed by atoms with Crippen molar-refractivity contribution in [2.45, 2.75) is 37.6 Å². The number of aromatic hydroxyl groups is 1.